The van der Waals surface area contributed by atoms with E-state index in [4.69, 9.17) is 0 Å². The van der Waals surface area contributed by atoms with Gasteiger partial charge in [0.15, 0.2) is 9.96 Å². The van der Waals surface area contributed by atoms with Crippen LogP contribution >= 0.6 is 11.3 Å². The summed E-state index contributed by atoms with van der Waals surface area (Å²) in [4.78, 5) is 37.4. The molecular weight excluding hydrogens is 466 g/mol. The number of hydrogen-bond donors (Lipinski definition) is 3. The fraction of sp³-hybridized carbons (Fsp3) is 0.136. The highest BCUT2D eigenvalue weighted by Crippen LogP contribution is 2.27. The first kappa shape index (κ1) is 23.0. The SMILES string of the molecule is CC(=O)Nc1nc2cnc(Nc3cc(NC(=O)c4cccc(OC(F)F)c4)ccc3C)nc2s1. The number of nitrogens with zero attached hydrogens (tertiary/aromatic N) is 3. The quantitative estimate of drug-likeness (QED) is 0.340. The van der Waals surface area contributed by atoms with Crippen LogP contribution in [0.2, 0.25) is 0 Å². The van der Waals surface area contributed by atoms with E-state index >= 15 is 0 Å². The molecule has 0 fully saturated rings. The molecule has 2 aromatic heterocycles. The number of rotatable bonds is 7. The van der Waals surface area contributed by atoms with Crippen LogP contribution in [-0.4, -0.2) is 33.4 Å². The van der Waals surface area contributed by atoms with Gasteiger partial charge < -0.3 is 20.7 Å². The Morgan fingerprint density at radius 2 is 1.91 bits per heavy atom. The number of benzene rings is 2. The predicted molar refractivity (Wildman–Crippen MR) is 125 cm³/mol. The molecule has 9 nitrogen and oxygen atoms in total. The molecule has 0 aliphatic rings. The Kier molecular flexibility index (Phi) is 6.59. The van der Waals surface area contributed by atoms with E-state index in [-0.39, 0.29) is 17.2 Å². The number of hydrogen-bond acceptors (Lipinski definition) is 8. The molecule has 0 unspecified atom stereocenters. The van der Waals surface area contributed by atoms with Crippen LogP contribution in [0.5, 0.6) is 5.75 Å². The number of carbonyl (C=O) groups is 2. The summed E-state index contributed by atoms with van der Waals surface area (Å²) >= 11 is 1.22. The van der Waals surface area contributed by atoms with Crippen molar-refractivity contribution < 1.29 is 23.1 Å². The Morgan fingerprint density at radius 3 is 2.68 bits per heavy atom. The van der Waals surface area contributed by atoms with Crippen LogP contribution in [0.3, 0.4) is 0 Å². The Balaban J connectivity index is 1.51. The second-order valence-electron chi connectivity index (χ2n) is 7.10. The van der Waals surface area contributed by atoms with E-state index in [0.29, 0.717) is 32.8 Å². The lowest BCUT2D eigenvalue weighted by atomic mass is 10.1. The minimum absolute atomic E-state index is 0.105. The minimum atomic E-state index is -2.98. The maximum Gasteiger partial charge on any atom is 0.387 e. The lowest BCUT2D eigenvalue weighted by Gasteiger charge is -2.12. The van der Waals surface area contributed by atoms with Crippen LogP contribution in [0.25, 0.3) is 10.3 Å². The normalized spacial score (nSPS) is 10.9. The summed E-state index contributed by atoms with van der Waals surface area (Å²) in [6.07, 6.45) is 1.54. The van der Waals surface area contributed by atoms with Gasteiger partial charge in [-0.05, 0) is 42.8 Å². The summed E-state index contributed by atoms with van der Waals surface area (Å²) in [5, 5.41) is 8.89. The average Bonchev–Trinajstić information content (AvgIpc) is 3.16. The molecule has 34 heavy (non-hydrogen) atoms. The maximum atomic E-state index is 12.6. The van der Waals surface area contributed by atoms with Crippen LogP contribution in [-0.2, 0) is 4.79 Å². The van der Waals surface area contributed by atoms with Crippen LogP contribution in [0.4, 0.5) is 31.2 Å². The molecule has 4 rings (SSSR count). The molecule has 0 radical (unpaired) electrons. The number of anilines is 4. The van der Waals surface area contributed by atoms with Gasteiger partial charge in [0, 0.05) is 23.9 Å². The predicted octanol–water partition coefficient (Wildman–Crippen LogP) is 4.95. The van der Waals surface area contributed by atoms with E-state index in [0.717, 1.165) is 5.56 Å². The lowest BCUT2D eigenvalue weighted by molar-refractivity contribution is -0.114. The van der Waals surface area contributed by atoms with E-state index in [1.807, 2.05) is 6.92 Å². The number of halogens is 2. The van der Waals surface area contributed by atoms with Crippen molar-refractivity contribution in [3.8, 4) is 5.75 Å². The van der Waals surface area contributed by atoms with Crippen LogP contribution in [0.1, 0.15) is 22.8 Å². The first-order valence-electron chi connectivity index (χ1n) is 9.92. The summed E-state index contributed by atoms with van der Waals surface area (Å²) < 4.78 is 29.2. The second-order valence-corrected chi connectivity index (χ2v) is 8.08. The topological polar surface area (TPSA) is 118 Å². The highest BCUT2D eigenvalue weighted by atomic mass is 32.1. The molecule has 2 amide bonds. The molecule has 0 spiro atoms. The molecule has 12 heteroatoms. The van der Waals surface area contributed by atoms with Gasteiger partial charge in [-0.1, -0.05) is 23.5 Å². The number of aromatic nitrogens is 3. The van der Waals surface area contributed by atoms with Crippen molar-refractivity contribution in [2.75, 3.05) is 16.0 Å². The molecule has 0 saturated heterocycles. The summed E-state index contributed by atoms with van der Waals surface area (Å²) in [7, 11) is 0. The molecule has 2 aromatic carbocycles. The van der Waals surface area contributed by atoms with Crippen molar-refractivity contribution >= 4 is 56.0 Å². The first-order chi connectivity index (χ1) is 16.3. The first-order valence-corrected chi connectivity index (χ1v) is 10.7. The average molecular weight is 484 g/mol. The van der Waals surface area contributed by atoms with Crippen molar-refractivity contribution in [3.63, 3.8) is 0 Å². The van der Waals surface area contributed by atoms with Crippen molar-refractivity contribution in [1.29, 1.82) is 0 Å². The number of amides is 2. The molecule has 0 aliphatic carbocycles. The third-order valence-corrected chi connectivity index (χ3v) is 5.38. The Bertz CT molecular complexity index is 1380. The molecular formula is C22H18F2N6O3S. The highest BCUT2D eigenvalue weighted by Gasteiger charge is 2.12. The zero-order valence-corrected chi connectivity index (χ0v) is 18.7. The molecule has 3 N–H and O–H groups in total. The number of alkyl halides is 2. The van der Waals surface area contributed by atoms with Crippen LogP contribution in [0.15, 0.2) is 48.7 Å². The van der Waals surface area contributed by atoms with Crippen molar-refractivity contribution in [1.82, 2.24) is 15.0 Å². The molecule has 4 aromatic rings. The standard InChI is InChI=1S/C22H18F2N6O3S/c1-11-6-7-14(27-18(32)13-4-3-5-15(8-13)33-20(23)24)9-16(11)28-21-25-10-17-19(30-21)34-22(29-17)26-12(2)31/h3-10,20H,1-2H3,(H,27,32)(H,25,28,30)(H,26,29,31). The molecule has 0 bridgehead atoms. The summed E-state index contributed by atoms with van der Waals surface area (Å²) in [5.74, 6) is -0.504. The summed E-state index contributed by atoms with van der Waals surface area (Å²) in [6, 6.07) is 10.8. The van der Waals surface area contributed by atoms with Gasteiger partial charge in [0.05, 0.1) is 6.20 Å². The van der Waals surface area contributed by atoms with Crippen LogP contribution < -0.4 is 20.7 Å². The number of carbonyl (C=O) groups excluding carboxylic acids is 2. The largest absolute Gasteiger partial charge is 0.435 e. The number of aryl methyl sites for hydroxylation is 1. The third-order valence-electron chi connectivity index (χ3n) is 4.50. The van der Waals surface area contributed by atoms with Gasteiger partial charge >= 0.3 is 6.61 Å². The van der Waals surface area contributed by atoms with Crippen molar-refractivity contribution in [2.45, 2.75) is 20.5 Å². The molecule has 0 atom stereocenters. The third kappa shape index (κ3) is 5.59. The fourth-order valence-corrected chi connectivity index (χ4v) is 3.83. The Labute approximate surface area is 196 Å². The van der Waals surface area contributed by atoms with Gasteiger partial charge in [-0.3, -0.25) is 9.59 Å². The van der Waals surface area contributed by atoms with Gasteiger partial charge in [-0.25, -0.2) is 9.97 Å². The Hall–Kier alpha value is -4.19. The zero-order chi connectivity index (χ0) is 24.2. The van der Waals surface area contributed by atoms with E-state index in [1.165, 1.54) is 42.5 Å². The number of ether oxygens (including phenoxy) is 1. The molecule has 174 valence electrons. The molecule has 0 saturated carbocycles. The van der Waals surface area contributed by atoms with Gasteiger partial charge in [-0.15, -0.1) is 0 Å². The maximum absolute atomic E-state index is 12.6. The number of fused-ring (bicyclic) bond motifs is 1. The number of thiazole rings is 1. The van der Waals surface area contributed by atoms with Crippen molar-refractivity contribution in [2.24, 2.45) is 0 Å². The van der Waals surface area contributed by atoms with E-state index in [9.17, 15) is 18.4 Å². The van der Waals surface area contributed by atoms with E-state index < -0.39 is 12.5 Å². The zero-order valence-electron chi connectivity index (χ0n) is 17.9. The molecule has 2 heterocycles. The van der Waals surface area contributed by atoms with Crippen molar-refractivity contribution in [3.05, 3.63) is 59.8 Å². The number of nitrogens with one attached hydrogen (secondary N) is 3. The minimum Gasteiger partial charge on any atom is -0.435 e. The van der Waals surface area contributed by atoms with Gasteiger partial charge in [0.1, 0.15) is 11.3 Å². The Morgan fingerprint density at radius 1 is 1.09 bits per heavy atom. The fourth-order valence-electron chi connectivity index (χ4n) is 2.97. The highest BCUT2D eigenvalue weighted by molar-refractivity contribution is 7.21. The second kappa shape index (κ2) is 9.75. The van der Waals surface area contributed by atoms with E-state index in [1.54, 1.807) is 24.4 Å². The van der Waals surface area contributed by atoms with Gasteiger partial charge in [0.2, 0.25) is 11.9 Å². The van der Waals surface area contributed by atoms with Gasteiger partial charge in [0.25, 0.3) is 5.91 Å². The summed E-state index contributed by atoms with van der Waals surface area (Å²) in [6.45, 7) is 0.291. The van der Waals surface area contributed by atoms with Crippen LogP contribution in [0, 0.1) is 6.92 Å². The van der Waals surface area contributed by atoms with Gasteiger partial charge in [-0.2, -0.15) is 13.8 Å². The van der Waals surface area contributed by atoms with E-state index in [2.05, 4.69) is 35.6 Å². The lowest BCUT2D eigenvalue weighted by Crippen LogP contribution is -2.12. The summed E-state index contributed by atoms with van der Waals surface area (Å²) in [5.41, 5.74) is 2.72. The molecule has 0 aliphatic heterocycles. The monoisotopic (exact) mass is 484 g/mol. The smallest absolute Gasteiger partial charge is 0.387 e.